The molecular formula is C14H16O3S. The van der Waals surface area contributed by atoms with Gasteiger partial charge in [-0.3, -0.25) is 9.59 Å². The smallest absolute Gasteiger partial charge is 0.306 e. The third kappa shape index (κ3) is 2.58. The second-order valence-corrected chi connectivity index (χ2v) is 5.46. The number of aliphatic carboxylic acids is 1. The molecule has 1 aromatic rings. The number of carbonyl (C=O) groups excluding carboxylic acids is 1. The van der Waals surface area contributed by atoms with Crippen LogP contribution in [0, 0.1) is 11.8 Å². The molecule has 4 heteroatoms. The summed E-state index contributed by atoms with van der Waals surface area (Å²) in [6.45, 7) is 0. The highest BCUT2D eigenvalue weighted by atomic mass is 32.2. The van der Waals surface area contributed by atoms with Crippen molar-refractivity contribution in [3.8, 4) is 0 Å². The number of ketones is 1. The third-order valence-electron chi connectivity index (χ3n) is 3.53. The van der Waals surface area contributed by atoms with Crippen molar-refractivity contribution in [3.63, 3.8) is 0 Å². The highest BCUT2D eigenvalue weighted by molar-refractivity contribution is 7.98. The van der Waals surface area contributed by atoms with Gasteiger partial charge in [0.25, 0.3) is 0 Å². The molecule has 0 aromatic heterocycles. The minimum Gasteiger partial charge on any atom is -0.481 e. The Balaban J connectivity index is 2.15. The van der Waals surface area contributed by atoms with E-state index in [-0.39, 0.29) is 17.6 Å². The Hall–Kier alpha value is -1.29. The van der Waals surface area contributed by atoms with Gasteiger partial charge in [-0.25, -0.2) is 0 Å². The summed E-state index contributed by atoms with van der Waals surface area (Å²) >= 11 is 1.55. The van der Waals surface area contributed by atoms with E-state index in [1.54, 1.807) is 11.8 Å². The molecule has 1 saturated carbocycles. The number of carboxylic acids is 1. The van der Waals surface area contributed by atoms with Crippen LogP contribution in [0.1, 0.15) is 29.6 Å². The molecule has 1 aliphatic carbocycles. The molecule has 2 atom stereocenters. The Labute approximate surface area is 111 Å². The third-order valence-corrected chi connectivity index (χ3v) is 4.32. The van der Waals surface area contributed by atoms with Gasteiger partial charge >= 0.3 is 5.97 Å². The number of benzene rings is 1. The molecule has 0 spiro atoms. The number of hydrogen-bond acceptors (Lipinski definition) is 3. The van der Waals surface area contributed by atoms with Crippen LogP contribution in [-0.2, 0) is 4.79 Å². The lowest BCUT2D eigenvalue weighted by molar-refractivity contribution is -0.141. The summed E-state index contributed by atoms with van der Waals surface area (Å²) in [5.41, 5.74) is 0.737. The number of carboxylic acid groups (broad SMARTS) is 1. The summed E-state index contributed by atoms with van der Waals surface area (Å²) in [4.78, 5) is 24.3. The zero-order valence-electron chi connectivity index (χ0n) is 10.3. The van der Waals surface area contributed by atoms with Crippen LogP contribution >= 0.6 is 11.8 Å². The second kappa shape index (κ2) is 5.57. The first-order valence-electron chi connectivity index (χ1n) is 6.03. The van der Waals surface area contributed by atoms with E-state index >= 15 is 0 Å². The van der Waals surface area contributed by atoms with Gasteiger partial charge in [-0.15, -0.1) is 11.8 Å². The van der Waals surface area contributed by atoms with E-state index in [9.17, 15) is 9.59 Å². The lowest BCUT2D eigenvalue weighted by Gasteiger charge is -2.11. The van der Waals surface area contributed by atoms with Crippen LogP contribution in [0.25, 0.3) is 0 Å². The van der Waals surface area contributed by atoms with E-state index < -0.39 is 5.97 Å². The maximum absolute atomic E-state index is 12.4. The summed E-state index contributed by atoms with van der Waals surface area (Å²) in [5, 5.41) is 8.97. The van der Waals surface area contributed by atoms with Crippen molar-refractivity contribution in [2.24, 2.45) is 11.8 Å². The molecule has 1 fully saturated rings. The zero-order valence-corrected chi connectivity index (χ0v) is 11.1. The normalized spacial score (nSPS) is 22.9. The number of hydrogen-bond donors (Lipinski definition) is 1. The molecule has 18 heavy (non-hydrogen) atoms. The molecule has 0 bridgehead atoms. The molecule has 0 saturated heterocycles. The summed E-state index contributed by atoms with van der Waals surface area (Å²) in [6, 6.07) is 7.54. The van der Waals surface area contributed by atoms with Crippen LogP contribution in [0.15, 0.2) is 29.2 Å². The maximum Gasteiger partial charge on any atom is 0.306 e. The minimum atomic E-state index is -0.775. The van der Waals surface area contributed by atoms with Gasteiger partial charge in [0.2, 0.25) is 0 Å². The molecule has 1 aliphatic rings. The van der Waals surface area contributed by atoms with E-state index in [0.29, 0.717) is 19.3 Å². The van der Waals surface area contributed by atoms with Crippen LogP contribution < -0.4 is 0 Å². The standard InChI is InChI=1S/C14H16O3S/c1-18-12-5-3-2-4-11(12)13(15)9-6-7-10(8-9)14(16)17/h2-5,9-10H,6-8H2,1H3,(H,16,17). The molecule has 1 N–H and O–H groups in total. The van der Waals surface area contributed by atoms with Crippen LogP contribution in [-0.4, -0.2) is 23.1 Å². The number of thioether (sulfide) groups is 1. The van der Waals surface area contributed by atoms with Crippen molar-refractivity contribution < 1.29 is 14.7 Å². The van der Waals surface area contributed by atoms with E-state index in [2.05, 4.69) is 0 Å². The first-order chi connectivity index (χ1) is 8.63. The highest BCUT2D eigenvalue weighted by Crippen LogP contribution is 2.35. The van der Waals surface area contributed by atoms with Crippen molar-refractivity contribution in [1.29, 1.82) is 0 Å². The molecule has 0 amide bonds. The molecule has 2 rings (SSSR count). The van der Waals surface area contributed by atoms with Gasteiger partial charge in [-0.1, -0.05) is 18.2 Å². The van der Waals surface area contributed by atoms with Crippen LogP contribution in [0.3, 0.4) is 0 Å². The number of carbonyl (C=O) groups is 2. The van der Waals surface area contributed by atoms with E-state index in [1.807, 2.05) is 30.5 Å². The quantitative estimate of drug-likeness (QED) is 0.670. The fourth-order valence-corrected chi connectivity index (χ4v) is 3.12. The molecule has 0 aliphatic heterocycles. The van der Waals surface area contributed by atoms with Gasteiger partial charge < -0.3 is 5.11 Å². The SMILES string of the molecule is CSc1ccccc1C(=O)C1CCC(C(=O)O)C1. The minimum absolute atomic E-state index is 0.101. The lowest BCUT2D eigenvalue weighted by Crippen LogP contribution is -2.15. The van der Waals surface area contributed by atoms with Gasteiger partial charge in [0.15, 0.2) is 5.78 Å². The first-order valence-corrected chi connectivity index (χ1v) is 7.26. The molecular weight excluding hydrogens is 248 g/mol. The predicted octanol–water partition coefficient (Wildman–Crippen LogP) is 3.09. The van der Waals surface area contributed by atoms with Gasteiger partial charge in [0.05, 0.1) is 5.92 Å². The Morgan fingerprint density at radius 1 is 1.22 bits per heavy atom. The Morgan fingerprint density at radius 2 is 1.89 bits per heavy atom. The van der Waals surface area contributed by atoms with E-state index in [4.69, 9.17) is 5.11 Å². The fourth-order valence-electron chi connectivity index (χ4n) is 2.51. The summed E-state index contributed by atoms with van der Waals surface area (Å²) < 4.78 is 0. The van der Waals surface area contributed by atoms with Gasteiger partial charge in [0.1, 0.15) is 0 Å². The van der Waals surface area contributed by atoms with Gasteiger partial charge in [-0.2, -0.15) is 0 Å². The molecule has 1 aromatic carbocycles. The zero-order chi connectivity index (χ0) is 13.1. The Morgan fingerprint density at radius 3 is 2.50 bits per heavy atom. The average molecular weight is 264 g/mol. The van der Waals surface area contributed by atoms with Crippen molar-refractivity contribution >= 4 is 23.5 Å². The second-order valence-electron chi connectivity index (χ2n) is 4.61. The molecule has 0 radical (unpaired) electrons. The average Bonchev–Trinajstić information content (AvgIpc) is 2.87. The monoisotopic (exact) mass is 264 g/mol. The summed E-state index contributed by atoms with van der Waals surface area (Å²) in [6.07, 6.45) is 3.74. The molecule has 3 nitrogen and oxygen atoms in total. The van der Waals surface area contributed by atoms with E-state index in [0.717, 1.165) is 10.5 Å². The highest BCUT2D eigenvalue weighted by Gasteiger charge is 2.34. The number of rotatable bonds is 4. The first kappa shape index (κ1) is 13.1. The van der Waals surface area contributed by atoms with Gasteiger partial charge in [0, 0.05) is 16.4 Å². The van der Waals surface area contributed by atoms with Crippen LogP contribution in [0.4, 0.5) is 0 Å². The summed E-state index contributed by atoms with van der Waals surface area (Å²) in [5.74, 6) is -1.15. The van der Waals surface area contributed by atoms with Crippen LogP contribution in [0.5, 0.6) is 0 Å². The van der Waals surface area contributed by atoms with Crippen molar-refractivity contribution in [3.05, 3.63) is 29.8 Å². The molecule has 0 heterocycles. The Bertz CT molecular complexity index is 470. The van der Waals surface area contributed by atoms with E-state index in [1.165, 1.54) is 0 Å². The molecule has 2 unspecified atom stereocenters. The molecule has 96 valence electrons. The largest absolute Gasteiger partial charge is 0.481 e. The fraction of sp³-hybridized carbons (Fsp3) is 0.429. The lowest BCUT2D eigenvalue weighted by atomic mass is 9.95. The van der Waals surface area contributed by atoms with Crippen molar-refractivity contribution in [1.82, 2.24) is 0 Å². The predicted molar refractivity (Wildman–Crippen MR) is 71.0 cm³/mol. The van der Waals surface area contributed by atoms with Gasteiger partial charge in [-0.05, 0) is 31.6 Å². The topological polar surface area (TPSA) is 54.4 Å². The maximum atomic E-state index is 12.4. The van der Waals surface area contributed by atoms with Crippen molar-refractivity contribution in [2.45, 2.75) is 24.2 Å². The van der Waals surface area contributed by atoms with Crippen LogP contribution in [0.2, 0.25) is 0 Å². The Kier molecular flexibility index (Phi) is 4.07. The van der Waals surface area contributed by atoms with Crippen molar-refractivity contribution in [2.75, 3.05) is 6.26 Å². The summed E-state index contributed by atoms with van der Waals surface area (Å²) in [7, 11) is 0. The number of Topliss-reactive ketones (excluding diaryl/α,β-unsaturated/α-hetero) is 1.